The first kappa shape index (κ1) is 13.3. The second kappa shape index (κ2) is 4.88. The van der Waals surface area contributed by atoms with E-state index in [4.69, 9.17) is 9.47 Å². The number of hydrogen-bond donors (Lipinski definition) is 2. The van der Waals surface area contributed by atoms with E-state index in [2.05, 4.69) is 5.32 Å². The van der Waals surface area contributed by atoms with Crippen LogP contribution in [0.4, 0.5) is 0 Å². The summed E-state index contributed by atoms with van der Waals surface area (Å²) < 4.78 is 10.9. The smallest absolute Gasteiger partial charge is 0.118 e. The van der Waals surface area contributed by atoms with Crippen LogP contribution < -0.4 is 10.1 Å². The molecular formula is C14H21NO3. The molecule has 1 aliphatic heterocycles. The van der Waals surface area contributed by atoms with Crippen LogP contribution >= 0.6 is 0 Å². The second-order valence-corrected chi connectivity index (χ2v) is 5.22. The maximum absolute atomic E-state index is 10.4. The van der Waals surface area contributed by atoms with Gasteiger partial charge >= 0.3 is 0 Å². The van der Waals surface area contributed by atoms with Crippen molar-refractivity contribution in [2.75, 3.05) is 7.11 Å². The number of hydrogen-bond acceptors (Lipinski definition) is 4. The normalized spacial score (nSPS) is 28.1. The molecule has 0 aromatic heterocycles. The molecular weight excluding hydrogens is 230 g/mol. The standard InChI is InChI=1S/C14H21NO3/c1-9-12(15-14(2,3)18-9)13(16)10-5-7-11(17-4)8-6-10/h5-9,12-13,15-16H,1-4H3. The fourth-order valence-electron chi connectivity index (χ4n) is 2.43. The molecule has 3 atom stereocenters. The summed E-state index contributed by atoms with van der Waals surface area (Å²) in [4.78, 5) is 0. The highest BCUT2D eigenvalue weighted by Crippen LogP contribution is 2.30. The molecule has 1 saturated heterocycles. The lowest BCUT2D eigenvalue weighted by Crippen LogP contribution is -2.42. The Balaban J connectivity index is 2.13. The molecule has 4 nitrogen and oxygen atoms in total. The lowest BCUT2D eigenvalue weighted by atomic mass is 9.99. The molecule has 1 aromatic carbocycles. The number of aliphatic hydroxyl groups is 1. The Bertz CT molecular complexity index is 402. The van der Waals surface area contributed by atoms with Crippen molar-refractivity contribution in [3.63, 3.8) is 0 Å². The third-order valence-electron chi connectivity index (χ3n) is 3.30. The van der Waals surface area contributed by atoms with Gasteiger partial charge in [0.25, 0.3) is 0 Å². The highest BCUT2D eigenvalue weighted by molar-refractivity contribution is 5.29. The van der Waals surface area contributed by atoms with Crippen molar-refractivity contribution in [2.45, 2.75) is 44.7 Å². The van der Waals surface area contributed by atoms with E-state index in [1.165, 1.54) is 0 Å². The van der Waals surface area contributed by atoms with E-state index >= 15 is 0 Å². The summed E-state index contributed by atoms with van der Waals surface area (Å²) in [6.07, 6.45) is -0.621. The van der Waals surface area contributed by atoms with Gasteiger partial charge in [0.15, 0.2) is 0 Å². The maximum Gasteiger partial charge on any atom is 0.118 e. The van der Waals surface area contributed by atoms with Crippen LogP contribution in [-0.2, 0) is 4.74 Å². The van der Waals surface area contributed by atoms with Crippen LogP contribution in [-0.4, -0.2) is 30.1 Å². The van der Waals surface area contributed by atoms with Crippen molar-refractivity contribution in [2.24, 2.45) is 0 Å². The summed E-state index contributed by atoms with van der Waals surface area (Å²) in [5.74, 6) is 0.787. The quantitative estimate of drug-likeness (QED) is 0.860. The maximum atomic E-state index is 10.4. The third kappa shape index (κ3) is 2.66. The zero-order chi connectivity index (χ0) is 13.3. The van der Waals surface area contributed by atoms with E-state index in [1.807, 2.05) is 45.0 Å². The van der Waals surface area contributed by atoms with Crippen molar-refractivity contribution in [1.29, 1.82) is 0 Å². The number of methoxy groups -OCH3 is 1. The first-order chi connectivity index (χ1) is 8.43. The summed E-state index contributed by atoms with van der Waals surface area (Å²) in [7, 11) is 1.63. The fourth-order valence-corrected chi connectivity index (χ4v) is 2.43. The molecule has 1 fully saturated rings. The van der Waals surface area contributed by atoms with Gasteiger partial charge in [-0.2, -0.15) is 0 Å². The van der Waals surface area contributed by atoms with Crippen LogP contribution in [0, 0.1) is 0 Å². The van der Waals surface area contributed by atoms with Crippen molar-refractivity contribution in [3.05, 3.63) is 29.8 Å². The molecule has 2 rings (SSSR count). The van der Waals surface area contributed by atoms with Crippen molar-refractivity contribution in [1.82, 2.24) is 5.32 Å². The Morgan fingerprint density at radius 3 is 2.39 bits per heavy atom. The number of aliphatic hydroxyl groups excluding tert-OH is 1. The SMILES string of the molecule is COc1ccc(C(O)C2NC(C)(C)OC2C)cc1. The van der Waals surface area contributed by atoms with Crippen LogP contribution in [0.15, 0.2) is 24.3 Å². The van der Waals surface area contributed by atoms with Crippen molar-refractivity contribution in [3.8, 4) is 5.75 Å². The Kier molecular flexibility index (Phi) is 3.61. The van der Waals surface area contributed by atoms with Gasteiger partial charge in [-0.05, 0) is 38.5 Å². The molecule has 0 bridgehead atoms. The lowest BCUT2D eigenvalue weighted by Gasteiger charge is -2.22. The zero-order valence-electron chi connectivity index (χ0n) is 11.3. The van der Waals surface area contributed by atoms with Crippen LogP contribution in [0.2, 0.25) is 0 Å². The molecule has 1 aliphatic rings. The number of benzene rings is 1. The van der Waals surface area contributed by atoms with Gasteiger partial charge < -0.3 is 14.6 Å². The van der Waals surface area contributed by atoms with Gasteiger partial charge in [-0.3, -0.25) is 5.32 Å². The summed E-state index contributed by atoms with van der Waals surface area (Å²) in [6, 6.07) is 7.36. The Labute approximate surface area is 108 Å². The van der Waals surface area contributed by atoms with E-state index < -0.39 is 11.8 Å². The van der Waals surface area contributed by atoms with Gasteiger partial charge in [-0.25, -0.2) is 0 Å². The lowest BCUT2D eigenvalue weighted by molar-refractivity contribution is -0.0204. The molecule has 100 valence electrons. The highest BCUT2D eigenvalue weighted by Gasteiger charge is 2.40. The topological polar surface area (TPSA) is 50.7 Å². The largest absolute Gasteiger partial charge is 0.497 e. The number of ether oxygens (including phenoxy) is 2. The minimum atomic E-state index is -0.590. The molecule has 0 radical (unpaired) electrons. The zero-order valence-corrected chi connectivity index (χ0v) is 11.3. The van der Waals surface area contributed by atoms with Crippen LogP contribution in [0.5, 0.6) is 5.75 Å². The highest BCUT2D eigenvalue weighted by atomic mass is 16.5. The van der Waals surface area contributed by atoms with Gasteiger partial charge in [0.05, 0.1) is 25.4 Å². The average Bonchev–Trinajstić information content (AvgIpc) is 2.62. The molecule has 0 spiro atoms. The van der Waals surface area contributed by atoms with E-state index in [-0.39, 0.29) is 12.1 Å². The molecule has 1 heterocycles. The van der Waals surface area contributed by atoms with Crippen molar-refractivity contribution < 1.29 is 14.6 Å². The van der Waals surface area contributed by atoms with Crippen molar-refractivity contribution >= 4 is 0 Å². The molecule has 1 aromatic rings. The molecule has 2 N–H and O–H groups in total. The van der Waals surface area contributed by atoms with Gasteiger partial charge in [0, 0.05) is 0 Å². The van der Waals surface area contributed by atoms with Gasteiger partial charge in [0.2, 0.25) is 0 Å². The van der Waals surface area contributed by atoms with Gasteiger partial charge in [-0.15, -0.1) is 0 Å². The predicted octanol–water partition coefficient (Wildman–Crippen LogP) is 1.84. The molecule has 3 unspecified atom stereocenters. The summed E-state index contributed by atoms with van der Waals surface area (Å²) in [5.41, 5.74) is 0.471. The fraction of sp³-hybridized carbons (Fsp3) is 0.571. The van der Waals surface area contributed by atoms with Gasteiger partial charge in [-0.1, -0.05) is 12.1 Å². The minimum Gasteiger partial charge on any atom is -0.497 e. The first-order valence-corrected chi connectivity index (χ1v) is 6.20. The minimum absolute atomic E-state index is 0.0305. The van der Waals surface area contributed by atoms with E-state index in [9.17, 15) is 5.11 Å². The Hall–Kier alpha value is -1.10. The number of rotatable bonds is 3. The predicted molar refractivity (Wildman–Crippen MR) is 69.5 cm³/mol. The van der Waals surface area contributed by atoms with E-state index in [0.29, 0.717) is 0 Å². The second-order valence-electron chi connectivity index (χ2n) is 5.22. The van der Waals surface area contributed by atoms with Crippen LogP contribution in [0.1, 0.15) is 32.4 Å². The van der Waals surface area contributed by atoms with E-state index in [0.717, 1.165) is 11.3 Å². The Morgan fingerprint density at radius 1 is 1.33 bits per heavy atom. The molecule has 18 heavy (non-hydrogen) atoms. The molecule has 0 amide bonds. The third-order valence-corrected chi connectivity index (χ3v) is 3.30. The van der Waals surface area contributed by atoms with Gasteiger partial charge in [0.1, 0.15) is 11.5 Å². The summed E-state index contributed by atoms with van der Waals surface area (Å²) in [6.45, 7) is 5.90. The van der Waals surface area contributed by atoms with E-state index in [1.54, 1.807) is 7.11 Å². The molecule has 0 aliphatic carbocycles. The number of nitrogens with one attached hydrogen (secondary N) is 1. The summed E-state index contributed by atoms with van der Waals surface area (Å²) >= 11 is 0. The Morgan fingerprint density at radius 2 is 1.94 bits per heavy atom. The summed E-state index contributed by atoms with van der Waals surface area (Å²) in [5, 5.41) is 13.7. The van der Waals surface area contributed by atoms with Crippen LogP contribution in [0.25, 0.3) is 0 Å². The molecule has 0 saturated carbocycles. The molecule has 4 heteroatoms. The van der Waals surface area contributed by atoms with Crippen LogP contribution in [0.3, 0.4) is 0 Å². The first-order valence-electron chi connectivity index (χ1n) is 6.20. The monoisotopic (exact) mass is 251 g/mol. The average molecular weight is 251 g/mol.